The summed E-state index contributed by atoms with van der Waals surface area (Å²) >= 11 is 0. The van der Waals surface area contributed by atoms with Gasteiger partial charge in [-0.1, -0.05) is 13.8 Å². The van der Waals surface area contributed by atoms with Crippen molar-refractivity contribution in [3.8, 4) is 0 Å². The molecule has 0 radical (unpaired) electrons. The van der Waals surface area contributed by atoms with E-state index in [-0.39, 0.29) is 31.7 Å². The zero-order chi connectivity index (χ0) is 23.4. The fourth-order valence-corrected chi connectivity index (χ4v) is 4.01. The molecule has 1 heterocycles. The topological polar surface area (TPSA) is 114 Å². The molecule has 0 bridgehead atoms. The molecule has 1 aliphatic rings. The fourth-order valence-electron chi connectivity index (χ4n) is 2.48. The third-order valence-corrected chi connectivity index (χ3v) is 5.40. The van der Waals surface area contributed by atoms with E-state index in [1.807, 2.05) is 0 Å². The molecular weight excluding hydrogens is 415 g/mol. The second-order valence-corrected chi connectivity index (χ2v) is 11.7. The fraction of sp³-hybridized carbons (Fsp3) is 0.850. The monoisotopic (exact) mass is 450 g/mol. The molecule has 1 fully saturated rings. The summed E-state index contributed by atoms with van der Waals surface area (Å²) in [5.41, 5.74) is -2.09. The molecular formula is C20H35O9P. The second-order valence-electron chi connectivity index (χ2n) is 10.0. The summed E-state index contributed by atoms with van der Waals surface area (Å²) in [6.07, 6.45) is -0.636. The maximum absolute atomic E-state index is 12.7. The molecule has 1 rings (SSSR count). The Labute approximate surface area is 178 Å². The largest absolute Gasteiger partial charge is 0.478 e. The van der Waals surface area contributed by atoms with Crippen molar-refractivity contribution in [3.05, 3.63) is 0 Å². The van der Waals surface area contributed by atoms with Gasteiger partial charge in [-0.15, -0.1) is 0 Å². The molecule has 9 nitrogen and oxygen atoms in total. The van der Waals surface area contributed by atoms with Crippen LogP contribution in [0.5, 0.6) is 0 Å². The predicted molar refractivity (Wildman–Crippen MR) is 108 cm³/mol. The summed E-state index contributed by atoms with van der Waals surface area (Å²) in [6, 6.07) is 0. The molecule has 0 N–H and O–H groups in total. The standard InChI is InChI=1S/C20H35O9P/c1-18(2,3)17(23)25-13-27-30(24)26-12-20(7,8)16(29-30)14(21)10-9-11-15(22)28-19(4,5)6/h16H,9-13H2,1-8H3/t16-,30?/m0/s1. The number of esters is 2. The number of ether oxygens (including phenoxy) is 2. The van der Waals surface area contributed by atoms with Crippen LogP contribution in [0.2, 0.25) is 0 Å². The molecule has 1 saturated heterocycles. The van der Waals surface area contributed by atoms with Gasteiger partial charge < -0.3 is 9.47 Å². The first kappa shape index (κ1) is 26.8. The number of ketones is 1. The van der Waals surface area contributed by atoms with Crippen molar-refractivity contribution < 1.29 is 42.0 Å². The van der Waals surface area contributed by atoms with Crippen LogP contribution in [0.25, 0.3) is 0 Å². The highest BCUT2D eigenvalue weighted by Crippen LogP contribution is 2.57. The quantitative estimate of drug-likeness (QED) is 0.305. The Kier molecular flexibility index (Phi) is 8.83. The number of carbonyl (C=O) groups is 3. The molecule has 2 atom stereocenters. The Balaban J connectivity index is 2.62. The molecule has 1 unspecified atom stereocenters. The van der Waals surface area contributed by atoms with Crippen LogP contribution in [0, 0.1) is 10.8 Å². The number of hydrogen-bond donors (Lipinski definition) is 0. The Morgan fingerprint density at radius 1 is 1.07 bits per heavy atom. The van der Waals surface area contributed by atoms with Gasteiger partial charge in [-0.3, -0.25) is 23.4 Å². The van der Waals surface area contributed by atoms with Crippen LogP contribution in [0.4, 0.5) is 0 Å². The minimum absolute atomic E-state index is 0.0417. The van der Waals surface area contributed by atoms with Gasteiger partial charge in [0.05, 0.1) is 12.0 Å². The van der Waals surface area contributed by atoms with E-state index < -0.39 is 49.1 Å². The van der Waals surface area contributed by atoms with Gasteiger partial charge in [0.2, 0.25) is 6.79 Å². The normalized spacial score (nSPS) is 24.2. The smallest absolute Gasteiger partial charge is 0.460 e. The summed E-state index contributed by atoms with van der Waals surface area (Å²) in [7, 11) is -4.08. The van der Waals surface area contributed by atoms with Gasteiger partial charge in [0.1, 0.15) is 11.7 Å². The lowest BCUT2D eigenvalue weighted by atomic mass is 9.84. The van der Waals surface area contributed by atoms with Crippen LogP contribution in [0.15, 0.2) is 0 Å². The van der Waals surface area contributed by atoms with E-state index in [1.54, 1.807) is 55.4 Å². The van der Waals surface area contributed by atoms with Crippen molar-refractivity contribution in [1.29, 1.82) is 0 Å². The molecule has 0 saturated carbocycles. The average molecular weight is 450 g/mol. The summed E-state index contributed by atoms with van der Waals surface area (Å²) in [6.45, 7) is 13.1. The molecule has 0 aromatic carbocycles. The first-order valence-electron chi connectivity index (χ1n) is 9.94. The molecule has 0 aromatic rings. The molecule has 0 aromatic heterocycles. The van der Waals surface area contributed by atoms with Crippen LogP contribution in [0.3, 0.4) is 0 Å². The van der Waals surface area contributed by atoms with Gasteiger partial charge >= 0.3 is 19.8 Å². The third kappa shape index (κ3) is 8.84. The van der Waals surface area contributed by atoms with Gasteiger partial charge in [-0.25, -0.2) is 9.09 Å². The van der Waals surface area contributed by atoms with E-state index in [0.29, 0.717) is 0 Å². The maximum Gasteiger partial charge on any atom is 0.478 e. The van der Waals surface area contributed by atoms with Gasteiger partial charge in [0.25, 0.3) is 0 Å². The summed E-state index contributed by atoms with van der Waals surface area (Å²) in [4.78, 5) is 36.3. The number of carbonyl (C=O) groups excluding carboxylic acids is 3. The van der Waals surface area contributed by atoms with E-state index in [9.17, 15) is 18.9 Å². The summed E-state index contributed by atoms with van der Waals surface area (Å²) < 4.78 is 38.5. The maximum atomic E-state index is 12.7. The zero-order valence-corrected chi connectivity index (χ0v) is 20.1. The molecule has 30 heavy (non-hydrogen) atoms. The van der Waals surface area contributed by atoms with E-state index in [1.165, 1.54) is 0 Å². The van der Waals surface area contributed by atoms with Crippen LogP contribution < -0.4 is 0 Å². The van der Waals surface area contributed by atoms with Gasteiger partial charge in [0.15, 0.2) is 5.78 Å². The van der Waals surface area contributed by atoms with E-state index >= 15 is 0 Å². The molecule has 10 heteroatoms. The van der Waals surface area contributed by atoms with Crippen molar-refractivity contribution in [2.45, 2.75) is 86.4 Å². The number of rotatable bonds is 8. The number of hydrogen-bond acceptors (Lipinski definition) is 9. The average Bonchev–Trinajstić information content (AvgIpc) is 2.54. The predicted octanol–water partition coefficient (Wildman–Crippen LogP) is 4.18. The van der Waals surface area contributed by atoms with Crippen LogP contribution >= 0.6 is 7.82 Å². The second kappa shape index (κ2) is 9.90. The highest BCUT2D eigenvalue weighted by Gasteiger charge is 2.48. The first-order valence-corrected chi connectivity index (χ1v) is 11.4. The van der Waals surface area contributed by atoms with E-state index in [4.69, 9.17) is 23.0 Å². The Morgan fingerprint density at radius 2 is 1.67 bits per heavy atom. The van der Waals surface area contributed by atoms with Crippen LogP contribution in [0.1, 0.15) is 74.7 Å². The number of Topliss-reactive ketones (excluding diaryl/α,β-unsaturated/α-hetero) is 1. The Morgan fingerprint density at radius 3 is 2.20 bits per heavy atom. The summed E-state index contributed by atoms with van der Waals surface area (Å²) in [5, 5.41) is 0. The van der Waals surface area contributed by atoms with Crippen molar-refractivity contribution in [1.82, 2.24) is 0 Å². The zero-order valence-electron chi connectivity index (χ0n) is 19.2. The van der Waals surface area contributed by atoms with Crippen molar-refractivity contribution in [2.75, 3.05) is 13.4 Å². The number of phosphoric acid groups is 1. The highest BCUT2D eigenvalue weighted by atomic mass is 31.2. The highest BCUT2D eigenvalue weighted by molar-refractivity contribution is 7.48. The Bertz CT molecular complexity index is 685. The minimum Gasteiger partial charge on any atom is -0.460 e. The van der Waals surface area contributed by atoms with E-state index in [0.717, 1.165) is 0 Å². The van der Waals surface area contributed by atoms with Crippen LogP contribution in [-0.4, -0.2) is 42.8 Å². The minimum atomic E-state index is -4.08. The molecule has 1 aliphatic heterocycles. The lowest BCUT2D eigenvalue weighted by Crippen LogP contribution is -2.45. The van der Waals surface area contributed by atoms with Gasteiger partial charge in [-0.05, 0) is 48.0 Å². The first-order chi connectivity index (χ1) is 13.5. The SMILES string of the molecule is CC(C)(C)OC(=O)CCCC(=O)[C@@H]1OP(=O)(OCOC(=O)C(C)(C)C)OCC1(C)C. The summed E-state index contributed by atoms with van der Waals surface area (Å²) in [5.74, 6) is -1.25. The van der Waals surface area contributed by atoms with Crippen molar-refractivity contribution in [2.24, 2.45) is 10.8 Å². The van der Waals surface area contributed by atoms with Crippen LogP contribution in [-0.2, 0) is 42.0 Å². The lowest BCUT2D eigenvalue weighted by molar-refractivity contribution is -0.163. The lowest BCUT2D eigenvalue weighted by Gasteiger charge is -2.39. The molecule has 0 spiro atoms. The van der Waals surface area contributed by atoms with E-state index in [2.05, 4.69) is 0 Å². The van der Waals surface area contributed by atoms with Crippen molar-refractivity contribution in [3.63, 3.8) is 0 Å². The third-order valence-electron chi connectivity index (χ3n) is 4.07. The molecule has 0 amide bonds. The Hall–Kier alpha value is -1.28. The van der Waals surface area contributed by atoms with Crippen molar-refractivity contribution >= 4 is 25.5 Å². The number of phosphoric ester groups is 1. The molecule has 0 aliphatic carbocycles. The molecule has 174 valence electrons. The van der Waals surface area contributed by atoms with Gasteiger partial charge in [-0.2, -0.15) is 0 Å². The van der Waals surface area contributed by atoms with Gasteiger partial charge in [0, 0.05) is 18.3 Å².